The molecule has 3 rings (SSSR count). The predicted molar refractivity (Wildman–Crippen MR) is 120 cm³/mol. The minimum absolute atomic E-state index is 0.0217. The molecule has 0 saturated carbocycles. The average Bonchev–Trinajstić information content (AvgIpc) is 2.76. The molecule has 0 aliphatic rings. The maximum Gasteiger partial charge on any atom is 0.249 e. The Labute approximate surface area is 180 Å². The molecule has 0 aliphatic carbocycles. The summed E-state index contributed by atoms with van der Waals surface area (Å²) in [7, 11) is 0. The molecule has 0 saturated heterocycles. The van der Waals surface area contributed by atoms with Gasteiger partial charge in [-0.2, -0.15) is 5.10 Å². The molecule has 0 aliphatic heterocycles. The van der Waals surface area contributed by atoms with E-state index < -0.39 is 24.1 Å². The molecular weight excluding hydrogens is 397 g/mol. The fraction of sp³-hybridized carbons (Fsp3) is 0.208. The van der Waals surface area contributed by atoms with Crippen LogP contribution in [0.5, 0.6) is 5.75 Å². The Morgan fingerprint density at radius 3 is 2.61 bits per heavy atom. The van der Waals surface area contributed by atoms with E-state index in [2.05, 4.69) is 22.8 Å². The number of nitrogens with zero attached hydrogens (tertiary/aromatic N) is 1. The lowest BCUT2D eigenvalue weighted by Gasteiger charge is -2.11. The number of amides is 2. The molecule has 31 heavy (non-hydrogen) atoms. The lowest BCUT2D eigenvalue weighted by atomic mass is 10.0. The summed E-state index contributed by atoms with van der Waals surface area (Å²) in [6.07, 6.45) is 2.97. The van der Waals surface area contributed by atoms with Gasteiger partial charge < -0.3 is 10.1 Å². The molecule has 7 heteroatoms. The van der Waals surface area contributed by atoms with Crippen molar-refractivity contribution in [1.82, 2.24) is 5.43 Å². The van der Waals surface area contributed by atoms with Gasteiger partial charge in [0.15, 0.2) is 0 Å². The van der Waals surface area contributed by atoms with E-state index in [0.29, 0.717) is 12.4 Å². The smallest absolute Gasteiger partial charge is 0.249 e. The van der Waals surface area contributed by atoms with Crippen LogP contribution in [-0.4, -0.2) is 24.6 Å². The third kappa shape index (κ3) is 6.12. The van der Waals surface area contributed by atoms with E-state index in [9.17, 15) is 14.0 Å². The first kappa shape index (κ1) is 22.0. The van der Waals surface area contributed by atoms with Gasteiger partial charge in [-0.3, -0.25) is 9.59 Å². The first-order valence-electron chi connectivity index (χ1n) is 10.1. The molecule has 160 valence electrons. The van der Waals surface area contributed by atoms with Gasteiger partial charge >= 0.3 is 0 Å². The van der Waals surface area contributed by atoms with Gasteiger partial charge in [0.25, 0.3) is 0 Å². The minimum atomic E-state index is -0.633. The van der Waals surface area contributed by atoms with Gasteiger partial charge in [-0.05, 0) is 35.4 Å². The zero-order valence-corrected chi connectivity index (χ0v) is 17.2. The van der Waals surface area contributed by atoms with Gasteiger partial charge in [-0.15, -0.1) is 0 Å². The highest BCUT2D eigenvalue weighted by atomic mass is 19.1. The first-order valence-corrected chi connectivity index (χ1v) is 10.1. The van der Waals surface area contributed by atoms with Crippen LogP contribution in [0.3, 0.4) is 0 Å². The lowest BCUT2D eigenvalue weighted by molar-refractivity contribution is -0.126. The summed E-state index contributed by atoms with van der Waals surface area (Å²) in [6, 6.07) is 17.4. The van der Waals surface area contributed by atoms with Crippen molar-refractivity contribution in [3.05, 3.63) is 72.0 Å². The van der Waals surface area contributed by atoms with E-state index in [0.717, 1.165) is 29.2 Å². The number of carbonyl (C=O) groups excluding carboxylic acids is 2. The quantitative estimate of drug-likeness (QED) is 0.229. The van der Waals surface area contributed by atoms with Crippen molar-refractivity contribution in [2.24, 2.45) is 5.10 Å². The number of carbonyl (C=O) groups is 2. The Morgan fingerprint density at radius 1 is 1.03 bits per heavy atom. The Bertz CT molecular complexity index is 1100. The van der Waals surface area contributed by atoms with Crippen LogP contribution in [0, 0.1) is 5.82 Å². The molecule has 2 N–H and O–H groups in total. The lowest BCUT2D eigenvalue weighted by Crippen LogP contribution is -2.25. The van der Waals surface area contributed by atoms with Crippen LogP contribution in [-0.2, 0) is 9.59 Å². The topological polar surface area (TPSA) is 79.8 Å². The Balaban J connectivity index is 1.66. The van der Waals surface area contributed by atoms with Gasteiger partial charge in [-0.25, -0.2) is 9.82 Å². The van der Waals surface area contributed by atoms with E-state index >= 15 is 0 Å². The van der Waals surface area contributed by atoms with E-state index in [1.807, 2.05) is 36.4 Å². The molecular formula is C24H24FN3O3. The molecule has 0 radical (unpaired) electrons. The van der Waals surface area contributed by atoms with Crippen molar-refractivity contribution in [2.45, 2.75) is 26.2 Å². The Kier molecular flexibility index (Phi) is 7.70. The maximum absolute atomic E-state index is 13.6. The van der Waals surface area contributed by atoms with Crippen molar-refractivity contribution in [3.8, 4) is 5.75 Å². The zero-order chi connectivity index (χ0) is 22.1. The summed E-state index contributed by atoms with van der Waals surface area (Å²) in [5.74, 6) is -1.14. The second-order valence-corrected chi connectivity index (χ2v) is 6.90. The van der Waals surface area contributed by atoms with Crippen molar-refractivity contribution >= 4 is 34.5 Å². The standard InChI is InChI=1S/C24H24FN3O3/c1-2-3-14-31-22-13-12-17-8-4-5-9-18(17)19(22)16-26-28-24(30)15-23(29)27-21-11-7-6-10-20(21)25/h4-13,16H,2-3,14-15H2,1H3,(H,27,29)(H,28,30). The van der Waals surface area contributed by atoms with Crippen LogP contribution in [0.1, 0.15) is 31.7 Å². The summed E-state index contributed by atoms with van der Waals surface area (Å²) in [5.41, 5.74) is 3.10. The number of halogens is 1. The summed E-state index contributed by atoms with van der Waals surface area (Å²) in [5, 5.41) is 8.32. The number of benzene rings is 3. The van der Waals surface area contributed by atoms with Crippen molar-refractivity contribution < 1.29 is 18.7 Å². The van der Waals surface area contributed by atoms with Crippen LogP contribution in [0.25, 0.3) is 10.8 Å². The number of para-hydroxylation sites is 1. The number of anilines is 1. The summed E-state index contributed by atoms with van der Waals surface area (Å²) in [6.45, 7) is 2.67. The maximum atomic E-state index is 13.6. The second kappa shape index (κ2) is 10.9. The van der Waals surface area contributed by atoms with Gasteiger partial charge in [0.05, 0.1) is 18.5 Å². The highest BCUT2D eigenvalue weighted by Gasteiger charge is 2.12. The highest BCUT2D eigenvalue weighted by Crippen LogP contribution is 2.27. The molecule has 0 bridgehead atoms. The molecule has 3 aromatic carbocycles. The van der Waals surface area contributed by atoms with E-state index in [1.165, 1.54) is 24.4 Å². The van der Waals surface area contributed by atoms with E-state index in [4.69, 9.17) is 4.74 Å². The number of unbranched alkanes of at least 4 members (excludes halogenated alkanes) is 1. The third-order valence-corrected chi connectivity index (χ3v) is 4.54. The van der Waals surface area contributed by atoms with Gasteiger partial charge in [0.1, 0.15) is 18.0 Å². The van der Waals surface area contributed by atoms with E-state index in [-0.39, 0.29) is 5.69 Å². The Hall–Kier alpha value is -3.74. The van der Waals surface area contributed by atoms with Crippen LogP contribution < -0.4 is 15.5 Å². The molecule has 0 spiro atoms. The average molecular weight is 421 g/mol. The Morgan fingerprint density at radius 2 is 1.81 bits per heavy atom. The van der Waals surface area contributed by atoms with Crippen molar-refractivity contribution in [2.75, 3.05) is 11.9 Å². The normalized spacial score (nSPS) is 10.9. The second-order valence-electron chi connectivity index (χ2n) is 6.90. The number of fused-ring (bicyclic) bond motifs is 1. The zero-order valence-electron chi connectivity index (χ0n) is 17.2. The molecule has 0 fully saturated rings. The number of hydrogen-bond acceptors (Lipinski definition) is 4. The third-order valence-electron chi connectivity index (χ3n) is 4.54. The fourth-order valence-electron chi connectivity index (χ4n) is 2.97. The number of rotatable bonds is 9. The number of hydrazone groups is 1. The van der Waals surface area contributed by atoms with Crippen LogP contribution in [0.2, 0.25) is 0 Å². The summed E-state index contributed by atoms with van der Waals surface area (Å²) < 4.78 is 19.5. The molecule has 3 aromatic rings. The molecule has 0 unspecified atom stereocenters. The van der Waals surface area contributed by atoms with E-state index in [1.54, 1.807) is 6.07 Å². The number of nitrogens with one attached hydrogen (secondary N) is 2. The summed E-state index contributed by atoms with van der Waals surface area (Å²) >= 11 is 0. The summed E-state index contributed by atoms with van der Waals surface area (Å²) in [4.78, 5) is 24.0. The molecule has 0 atom stereocenters. The predicted octanol–water partition coefficient (Wildman–Crippen LogP) is 4.64. The van der Waals surface area contributed by atoms with Gasteiger partial charge in [0.2, 0.25) is 11.8 Å². The molecule has 0 heterocycles. The van der Waals surface area contributed by atoms with Crippen molar-refractivity contribution in [3.63, 3.8) is 0 Å². The molecule has 6 nitrogen and oxygen atoms in total. The van der Waals surface area contributed by atoms with Crippen LogP contribution in [0.15, 0.2) is 65.8 Å². The largest absolute Gasteiger partial charge is 0.493 e. The van der Waals surface area contributed by atoms with Gasteiger partial charge in [-0.1, -0.05) is 55.8 Å². The van der Waals surface area contributed by atoms with Crippen LogP contribution >= 0.6 is 0 Å². The first-order chi connectivity index (χ1) is 15.1. The van der Waals surface area contributed by atoms with Gasteiger partial charge in [0, 0.05) is 5.56 Å². The number of ether oxygens (including phenoxy) is 1. The SMILES string of the molecule is CCCCOc1ccc2ccccc2c1C=NNC(=O)CC(=O)Nc1ccccc1F. The number of hydrogen-bond donors (Lipinski definition) is 2. The van der Waals surface area contributed by atoms with Crippen LogP contribution in [0.4, 0.5) is 10.1 Å². The van der Waals surface area contributed by atoms with Crippen molar-refractivity contribution in [1.29, 1.82) is 0 Å². The minimum Gasteiger partial charge on any atom is -0.493 e. The monoisotopic (exact) mass is 421 g/mol. The highest BCUT2D eigenvalue weighted by molar-refractivity contribution is 6.05. The molecule has 0 aromatic heterocycles. The molecule has 2 amide bonds. The fourth-order valence-corrected chi connectivity index (χ4v) is 2.97.